The maximum atomic E-state index is 12.1. The normalized spacial score (nSPS) is 11.6. The number of thioether (sulfide) groups is 1. The van der Waals surface area contributed by atoms with E-state index in [-0.39, 0.29) is 21.8 Å². The third-order valence-corrected chi connectivity index (χ3v) is 2.92. The van der Waals surface area contributed by atoms with Crippen LogP contribution in [0.3, 0.4) is 0 Å². The topological polar surface area (TPSA) is 25.8 Å². The van der Waals surface area contributed by atoms with E-state index in [9.17, 15) is 13.2 Å². The summed E-state index contributed by atoms with van der Waals surface area (Å²) in [6.45, 7) is 0. The van der Waals surface area contributed by atoms with Gasteiger partial charge in [-0.2, -0.15) is 13.2 Å². The van der Waals surface area contributed by atoms with Gasteiger partial charge in [0.2, 0.25) is 0 Å². The van der Waals surface area contributed by atoms with Crippen molar-refractivity contribution >= 4 is 23.4 Å². The van der Waals surface area contributed by atoms with E-state index in [1.807, 2.05) is 0 Å². The van der Waals surface area contributed by atoms with E-state index in [4.69, 9.17) is 11.6 Å². The van der Waals surface area contributed by atoms with E-state index in [1.165, 1.54) is 36.5 Å². The van der Waals surface area contributed by atoms with E-state index in [2.05, 4.69) is 9.97 Å². The molecule has 0 aliphatic rings. The lowest BCUT2D eigenvalue weighted by molar-refractivity contribution is -0.0328. The van der Waals surface area contributed by atoms with E-state index in [0.717, 1.165) is 0 Å². The van der Waals surface area contributed by atoms with Crippen LogP contribution in [0.4, 0.5) is 13.2 Å². The number of rotatable bonds is 2. The molecule has 0 fully saturated rings. The molecule has 1 aromatic carbocycles. The standard InChI is InChI=1S/C11H6ClF3N2S/c12-9-5-6-16-10(17-9)7-1-3-8(4-2-7)18-11(13,14)15/h1-6H. The lowest BCUT2D eigenvalue weighted by atomic mass is 10.2. The van der Waals surface area contributed by atoms with Gasteiger partial charge in [-0.05, 0) is 30.0 Å². The van der Waals surface area contributed by atoms with Crippen LogP contribution in [0.2, 0.25) is 5.15 Å². The highest BCUT2D eigenvalue weighted by Gasteiger charge is 2.29. The largest absolute Gasteiger partial charge is 0.446 e. The molecule has 1 aromatic heterocycles. The third-order valence-electron chi connectivity index (χ3n) is 1.97. The second kappa shape index (κ2) is 5.16. The molecular formula is C11H6ClF3N2S. The Morgan fingerprint density at radius 2 is 1.72 bits per heavy atom. The summed E-state index contributed by atoms with van der Waals surface area (Å²) >= 11 is 5.55. The Labute approximate surface area is 110 Å². The molecule has 0 bridgehead atoms. The zero-order chi connectivity index (χ0) is 13.2. The van der Waals surface area contributed by atoms with Crippen LogP contribution in [0.15, 0.2) is 41.4 Å². The first kappa shape index (κ1) is 13.2. The van der Waals surface area contributed by atoms with Crippen LogP contribution in [-0.4, -0.2) is 15.5 Å². The summed E-state index contributed by atoms with van der Waals surface area (Å²) in [4.78, 5) is 8.08. The van der Waals surface area contributed by atoms with Crippen LogP contribution in [0.25, 0.3) is 11.4 Å². The molecule has 0 amide bonds. The summed E-state index contributed by atoms with van der Waals surface area (Å²) in [7, 11) is 0. The average molecular weight is 291 g/mol. The van der Waals surface area contributed by atoms with E-state index < -0.39 is 5.51 Å². The number of nitrogens with zero attached hydrogens (tertiary/aromatic N) is 2. The minimum atomic E-state index is -4.28. The van der Waals surface area contributed by atoms with Gasteiger partial charge in [-0.25, -0.2) is 9.97 Å². The molecule has 2 aromatic rings. The molecule has 0 radical (unpaired) electrons. The van der Waals surface area contributed by atoms with Crippen LogP contribution in [-0.2, 0) is 0 Å². The molecule has 0 spiro atoms. The van der Waals surface area contributed by atoms with Crippen molar-refractivity contribution < 1.29 is 13.2 Å². The van der Waals surface area contributed by atoms with Gasteiger partial charge >= 0.3 is 5.51 Å². The summed E-state index contributed by atoms with van der Waals surface area (Å²) in [6.07, 6.45) is 1.49. The fourth-order valence-corrected chi connectivity index (χ4v) is 1.96. The van der Waals surface area contributed by atoms with Crippen molar-refractivity contribution in [3.8, 4) is 11.4 Å². The summed E-state index contributed by atoms with van der Waals surface area (Å²) in [6, 6.07) is 7.33. The van der Waals surface area contributed by atoms with E-state index in [1.54, 1.807) is 0 Å². The van der Waals surface area contributed by atoms with Crippen molar-refractivity contribution in [1.29, 1.82) is 0 Å². The maximum absolute atomic E-state index is 12.1. The van der Waals surface area contributed by atoms with Crippen LogP contribution in [0.1, 0.15) is 0 Å². The van der Waals surface area contributed by atoms with E-state index >= 15 is 0 Å². The SMILES string of the molecule is FC(F)(F)Sc1ccc(-c2nccc(Cl)n2)cc1. The third kappa shape index (κ3) is 3.61. The van der Waals surface area contributed by atoms with E-state index in [0.29, 0.717) is 11.4 Å². The van der Waals surface area contributed by atoms with Gasteiger partial charge in [0.05, 0.1) is 0 Å². The fraction of sp³-hybridized carbons (Fsp3) is 0.0909. The number of hydrogen-bond acceptors (Lipinski definition) is 3. The highest BCUT2D eigenvalue weighted by atomic mass is 35.5. The molecule has 0 atom stereocenters. The monoisotopic (exact) mass is 290 g/mol. The fourth-order valence-electron chi connectivity index (χ4n) is 1.28. The second-order valence-corrected chi connectivity index (χ2v) is 4.80. The van der Waals surface area contributed by atoms with Gasteiger partial charge in [0.1, 0.15) is 5.15 Å². The molecule has 2 rings (SSSR count). The smallest absolute Gasteiger partial charge is 0.236 e. The van der Waals surface area contributed by atoms with Crippen molar-refractivity contribution in [3.05, 3.63) is 41.7 Å². The molecule has 7 heteroatoms. The number of aromatic nitrogens is 2. The first-order chi connectivity index (χ1) is 8.44. The molecule has 18 heavy (non-hydrogen) atoms. The molecule has 0 N–H and O–H groups in total. The quantitative estimate of drug-likeness (QED) is 0.605. The zero-order valence-electron chi connectivity index (χ0n) is 8.78. The van der Waals surface area contributed by atoms with Gasteiger partial charge in [0, 0.05) is 16.7 Å². The summed E-state index contributed by atoms with van der Waals surface area (Å²) < 4.78 is 36.4. The lowest BCUT2D eigenvalue weighted by Crippen LogP contribution is -1.98. The molecule has 1 heterocycles. The molecule has 0 saturated heterocycles. The second-order valence-electron chi connectivity index (χ2n) is 3.28. The molecule has 2 nitrogen and oxygen atoms in total. The number of hydrogen-bond donors (Lipinski definition) is 0. The molecule has 0 unspecified atom stereocenters. The predicted molar refractivity (Wildman–Crippen MR) is 64.4 cm³/mol. The van der Waals surface area contributed by atoms with Crippen LogP contribution < -0.4 is 0 Å². The minimum Gasteiger partial charge on any atom is -0.236 e. The van der Waals surface area contributed by atoms with Gasteiger partial charge in [-0.3, -0.25) is 0 Å². The molecule has 0 saturated carbocycles. The van der Waals surface area contributed by atoms with Gasteiger partial charge in [0.15, 0.2) is 5.82 Å². The first-order valence-electron chi connectivity index (χ1n) is 4.79. The van der Waals surface area contributed by atoms with Crippen molar-refractivity contribution in [2.24, 2.45) is 0 Å². The van der Waals surface area contributed by atoms with Gasteiger partial charge in [0.25, 0.3) is 0 Å². The number of benzene rings is 1. The Morgan fingerprint density at radius 1 is 1.06 bits per heavy atom. The maximum Gasteiger partial charge on any atom is 0.446 e. The first-order valence-corrected chi connectivity index (χ1v) is 5.98. The van der Waals surface area contributed by atoms with Gasteiger partial charge in [-0.15, -0.1) is 0 Å². The summed E-state index contributed by atoms with van der Waals surface area (Å²) in [5.41, 5.74) is -3.67. The van der Waals surface area contributed by atoms with Gasteiger partial charge in [-0.1, -0.05) is 23.7 Å². The van der Waals surface area contributed by atoms with Crippen molar-refractivity contribution in [2.45, 2.75) is 10.4 Å². The number of alkyl halides is 3. The molecule has 0 aliphatic carbocycles. The molecule has 0 aliphatic heterocycles. The zero-order valence-corrected chi connectivity index (χ0v) is 10.4. The van der Waals surface area contributed by atoms with Crippen LogP contribution >= 0.6 is 23.4 Å². The number of halogens is 4. The lowest BCUT2D eigenvalue weighted by Gasteiger charge is -2.06. The van der Waals surface area contributed by atoms with Crippen molar-refractivity contribution in [3.63, 3.8) is 0 Å². The van der Waals surface area contributed by atoms with Crippen LogP contribution in [0, 0.1) is 0 Å². The Kier molecular flexibility index (Phi) is 3.77. The Morgan fingerprint density at radius 3 is 2.28 bits per heavy atom. The Bertz CT molecular complexity index is 543. The van der Waals surface area contributed by atoms with Crippen molar-refractivity contribution in [1.82, 2.24) is 9.97 Å². The van der Waals surface area contributed by atoms with Crippen molar-refractivity contribution in [2.75, 3.05) is 0 Å². The average Bonchev–Trinajstić information content (AvgIpc) is 2.28. The summed E-state index contributed by atoms with van der Waals surface area (Å²) in [5.74, 6) is 0.381. The molecular weight excluding hydrogens is 285 g/mol. The predicted octanol–water partition coefficient (Wildman–Crippen LogP) is 4.41. The van der Waals surface area contributed by atoms with Gasteiger partial charge < -0.3 is 0 Å². The minimum absolute atomic E-state index is 0.119. The summed E-state index contributed by atoms with van der Waals surface area (Å²) in [5, 5.41) is 0.286. The Balaban J connectivity index is 2.22. The molecule has 94 valence electrons. The van der Waals surface area contributed by atoms with Crippen LogP contribution in [0.5, 0.6) is 0 Å². The highest BCUT2D eigenvalue weighted by molar-refractivity contribution is 8.00. The Hall–Kier alpha value is -1.27. The highest BCUT2D eigenvalue weighted by Crippen LogP contribution is 2.37.